The third-order valence-corrected chi connectivity index (χ3v) is 6.60. The molecule has 0 N–H and O–H groups in total. The maximum absolute atomic E-state index is 11.6. The van der Waals surface area contributed by atoms with Crippen molar-refractivity contribution in [3.63, 3.8) is 0 Å². The molecule has 3 nitrogen and oxygen atoms in total. The van der Waals surface area contributed by atoms with Crippen LogP contribution < -0.4 is 5.19 Å². The molecule has 0 spiro atoms. The average Bonchev–Trinajstić information content (AvgIpc) is 2.28. The molecule has 0 amide bonds. The van der Waals surface area contributed by atoms with Crippen LogP contribution in [0.15, 0.2) is 24.3 Å². The summed E-state index contributed by atoms with van der Waals surface area (Å²) >= 11 is 0. The summed E-state index contributed by atoms with van der Waals surface area (Å²) in [5.74, 6) is -0.110. The van der Waals surface area contributed by atoms with E-state index in [1.54, 1.807) is 0 Å². The summed E-state index contributed by atoms with van der Waals surface area (Å²) in [6.45, 7) is 8.32. The van der Waals surface area contributed by atoms with Crippen molar-refractivity contribution in [3.8, 4) is 0 Å². The lowest BCUT2D eigenvalue weighted by atomic mass is 10.2. The summed E-state index contributed by atoms with van der Waals surface area (Å²) in [5, 5.41) is 1.53. The molecule has 4 heteroatoms. The van der Waals surface area contributed by atoms with Crippen LogP contribution in [-0.2, 0) is 16.1 Å². The highest BCUT2D eigenvalue weighted by Gasteiger charge is 2.33. The van der Waals surface area contributed by atoms with Gasteiger partial charge in [-0.25, -0.2) is 0 Å². The normalized spacial score (nSPS) is 18.2. The molecular weight excluding hydrogens is 242 g/mol. The summed E-state index contributed by atoms with van der Waals surface area (Å²) in [7, 11) is -1.45. The molecule has 0 bridgehead atoms. The Morgan fingerprint density at radius 1 is 1.39 bits per heavy atom. The van der Waals surface area contributed by atoms with Gasteiger partial charge in [-0.05, 0) is 18.7 Å². The summed E-state index contributed by atoms with van der Waals surface area (Å²) in [5.41, 5.74) is 1.38. The lowest BCUT2D eigenvalue weighted by molar-refractivity contribution is -0.144. The number of carbonyl (C=O) groups is 1. The van der Waals surface area contributed by atoms with Crippen molar-refractivity contribution in [2.45, 2.75) is 26.6 Å². The van der Waals surface area contributed by atoms with Crippen molar-refractivity contribution >= 4 is 19.2 Å². The van der Waals surface area contributed by atoms with Gasteiger partial charge in [-0.15, -0.1) is 0 Å². The zero-order valence-electron chi connectivity index (χ0n) is 11.4. The second-order valence-electron chi connectivity index (χ2n) is 5.49. The average molecular weight is 263 g/mol. The first kappa shape index (κ1) is 13.3. The highest BCUT2D eigenvalue weighted by molar-refractivity contribution is 6.90. The van der Waals surface area contributed by atoms with E-state index in [1.165, 1.54) is 10.8 Å². The highest BCUT2D eigenvalue weighted by atomic mass is 28.3. The molecule has 98 valence electrons. The van der Waals surface area contributed by atoms with Crippen LogP contribution in [0.1, 0.15) is 12.5 Å². The molecule has 0 aliphatic carbocycles. The van der Waals surface area contributed by atoms with E-state index in [9.17, 15) is 4.79 Å². The van der Waals surface area contributed by atoms with Crippen LogP contribution in [0.2, 0.25) is 13.1 Å². The summed E-state index contributed by atoms with van der Waals surface area (Å²) in [6, 6.07) is 8.64. The standard InChI is InChI=1S/C14H21NO2Si/c1-4-17-14(16)10-15-9-12-7-5-6-8-13(12)18(2,3)11-15/h5-8H,4,9-11H2,1-3H3. The Bertz CT molecular complexity index is 445. The van der Waals surface area contributed by atoms with Crippen LogP contribution in [0.4, 0.5) is 0 Å². The number of carbonyl (C=O) groups excluding carboxylic acids is 1. The second kappa shape index (κ2) is 5.24. The van der Waals surface area contributed by atoms with Gasteiger partial charge in [0.1, 0.15) is 0 Å². The van der Waals surface area contributed by atoms with Crippen LogP contribution in [0.5, 0.6) is 0 Å². The Morgan fingerprint density at radius 2 is 2.11 bits per heavy atom. The molecule has 1 heterocycles. The van der Waals surface area contributed by atoms with Gasteiger partial charge in [-0.1, -0.05) is 42.5 Å². The Kier molecular flexibility index (Phi) is 3.87. The minimum absolute atomic E-state index is 0.110. The van der Waals surface area contributed by atoms with Gasteiger partial charge in [0.25, 0.3) is 0 Å². The number of hydrogen-bond donors (Lipinski definition) is 0. The number of esters is 1. The Labute approximate surface area is 110 Å². The SMILES string of the molecule is CCOC(=O)CN1Cc2ccccc2[Si](C)(C)C1. The van der Waals surface area contributed by atoms with Crippen molar-refractivity contribution in [2.75, 3.05) is 19.3 Å². The molecule has 18 heavy (non-hydrogen) atoms. The zero-order chi connectivity index (χ0) is 13.2. The number of fused-ring (bicyclic) bond motifs is 1. The Hall–Kier alpha value is -1.13. The largest absolute Gasteiger partial charge is 0.465 e. The van der Waals surface area contributed by atoms with E-state index >= 15 is 0 Å². The van der Waals surface area contributed by atoms with E-state index in [-0.39, 0.29) is 5.97 Å². The van der Waals surface area contributed by atoms with Gasteiger partial charge in [-0.2, -0.15) is 0 Å². The highest BCUT2D eigenvalue weighted by Crippen LogP contribution is 2.17. The monoisotopic (exact) mass is 263 g/mol. The van der Waals surface area contributed by atoms with E-state index in [4.69, 9.17) is 4.74 Å². The minimum atomic E-state index is -1.45. The fraction of sp³-hybridized carbons (Fsp3) is 0.500. The van der Waals surface area contributed by atoms with Gasteiger partial charge < -0.3 is 4.74 Å². The molecule has 0 fully saturated rings. The van der Waals surface area contributed by atoms with Gasteiger partial charge in [0.15, 0.2) is 0 Å². The molecule has 0 radical (unpaired) electrons. The van der Waals surface area contributed by atoms with E-state index in [0.717, 1.165) is 12.7 Å². The van der Waals surface area contributed by atoms with Gasteiger partial charge in [0.05, 0.1) is 21.2 Å². The molecule has 0 saturated heterocycles. The second-order valence-corrected chi connectivity index (χ2v) is 10.1. The molecule has 0 saturated carbocycles. The number of ether oxygens (including phenoxy) is 1. The number of nitrogens with zero attached hydrogens (tertiary/aromatic N) is 1. The van der Waals surface area contributed by atoms with Crippen LogP contribution in [-0.4, -0.2) is 38.3 Å². The van der Waals surface area contributed by atoms with Crippen LogP contribution >= 0.6 is 0 Å². The molecule has 1 aromatic rings. The zero-order valence-corrected chi connectivity index (χ0v) is 12.4. The Morgan fingerprint density at radius 3 is 2.83 bits per heavy atom. The fourth-order valence-electron chi connectivity index (χ4n) is 2.76. The van der Waals surface area contributed by atoms with Crippen molar-refractivity contribution in [1.82, 2.24) is 4.90 Å². The van der Waals surface area contributed by atoms with Crippen LogP contribution in [0.25, 0.3) is 0 Å². The summed E-state index contributed by atoms with van der Waals surface area (Å²) in [4.78, 5) is 13.8. The smallest absolute Gasteiger partial charge is 0.320 e. The first-order valence-corrected chi connectivity index (χ1v) is 9.70. The van der Waals surface area contributed by atoms with Crippen molar-refractivity contribution in [3.05, 3.63) is 29.8 Å². The van der Waals surface area contributed by atoms with E-state index < -0.39 is 8.07 Å². The topological polar surface area (TPSA) is 29.5 Å². The maximum Gasteiger partial charge on any atom is 0.320 e. The van der Waals surface area contributed by atoms with E-state index in [1.807, 2.05) is 6.92 Å². The minimum Gasteiger partial charge on any atom is -0.465 e. The fourth-order valence-corrected chi connectivity index (χ4v) is 5.85. The van der Waals surface area contributed by atoms with Gasteiger partial charge in [-0.3, -0.25) is 9.69 Å². The first-order valence-electron chi connectivity index (χ1n) is 6.49. The Balaban J connectivity index is 2.14. The number of benzene rings is 1. The quantitative estimate of drug-likeness (QED) is 0.612. The van der Waals surface area contributed by atoms with Crippen molar-refractivity contribution < 1.29 is 9.53 Å². The van der Waals surface area contributed by atoms with E-state index in [2.05, 4.69) is 42.3 Å². The predicted molar refractivity (Wildman–Crippen MR) is 75.5 cm³/mol. The van der Waals surface area contributed by atoms with Crippen molar-refractivity contribution in [1.29, 1.82) is 0 Å². The van der Waals surface area contributed by atoms with Gasteiger partial charge in [0, 0.05) is 6.54 Å². The molecular formula is C14H21NO2Si. The van der Waals surface area contributed by atoms with Crippen molar-refractivity contribution in [2.24, 2.45) is 0 Å². The van der Waals surface area contributed by atoms with E-state index in [0.29, 0.717) is 13.2 Å². The summed E-state index contributed by atoms with van der Waals surface area (Å²) in [6.07, 6.45) is 1.03. The van der Waals surface area contributed by atoms with Crippen LogP contribution in [0, 0.1) is 0 Å². The first-order chi connectivity index (χ1) is 8.53. The lowest BCUT2D eigenvalue weighted by Crippen LogP contribution is -2.58. The third-order valence-electron chi connectivity index (χ3n) is 3.42. The van der Waals surface area contributed by atoms with Gasteiger partial charge in [0.2, 0.25) is 0 Å². The summed E-state index contributed by atoms with van der Waals surface area (Å²) < 4.78 is 5.04. The van der Waals surface area contributed by atoms with Crippen LogP contribution in [0.3, 0.4) is 0 Å². The maximum atomic E-state index is 11.6. The number of hydrogen-bond acceptors (Lipinski definition) is 3. The molecule has 2 rings (SSSR count). The number of rotatable bonds is 3. The van der Waals surface area contributed by atoms with Gasteiger partial charge >= 0.3 is 5.97 Å². The molecule has 1 aromatic carbocycles. The third kappa shape index (κ3) is 2.82. The predicted octanol–water partition coefficient (Wildman–Crippen LogP) is 1.52. The molecule has 0 aromatic heterocycles. The molecule has 1 aliphatic heterocycles. The molecule has 1 aliphatic rings. The molecule has 0 atom stereocenters. The lowest BCUT2D eigenvalue weighted by Gasteiger charge is -2.38. The molecule has 0 unspecified atom stereocenters.